The number of hydrogen-bond donors (Lipinski definition) is 2. The number of rotatable bonds is 3. The minimum Gasteiger partial charge on any atom is -0.366 e. The largest absolute Gasteiger partial charge is 0.366 e. The zero-order valence-electron chi connectivity index (χ0n) is 13.9. The third-order valence-electron chi connectivity index (χ3n) is 4.52. The highest BCUT2D eigenvalue weighted by molar-refractivity contribution is 6.09. The molecule has 0 saturated heterocycles. The van der Waals surface area contributed by atoms with Crippen LogP contribution in [0.25, 0.3) is 10.9 Å². The van der Waals surface area contributed by atoms with Gasteiger partial charge in [0.2, 0.25) is 0 Å². The quantitative estimate of drug-likeness (QED) is 0.751. The summed E-state index contributed by atoms with van der Waals surface area (Å²) in [5, 5.41) is 3.18. The highest BCUT2D eigenvalue weighted by Crippen LogP contribution is 2.19. The first-order chi connectivity index (χ1) is 12.5. The lowest BCUT2D eigenvalue weighted by atomic mass is 10.1. The fourth-order valence-corrected chi connectivity index (χ4v) is 3.23. The van der Waals surface area contributed by atoms with Crippen molar-refractivity contribution in [3.05, 3.63) is 69.8 Å². The van der Waals surface area contributed by atoms with E-state index in [2.05, 4.69) is 10.3 Å². The highest BCUT2D eigenvalue weighted by Gasteiger charge is 2.17. The van der Waals surface area contributed by atoms with Crippen LogP contribution < -0.4 is 16.6 Å². The first kappa shape index (κ1) is 16.0. The molecule has 2 aromatic carbocycles. The van der Waals surface area contributed by atoms with Crippen LogP contribution in [0.3, 0.4) is 0 Å². The van der Waals surface area contributed by atoms with Gasteiger partial charge in [0.25, 0.3) is 17.4 Å². The van der Waals surface area contributed by atoms with Gasteiger partial charge < -0.3 is 11.1 Å². The predicted octanol–water partition coefficient (Wildman–Crippen LogP) is 1.69. The van der Waals surface area contributed by atoms with Crippen molar-refractivity contribution < 1.29 is 9.59 Å². The molecule has 26 heavy (non-hydrogen) atoms. The first-order valence-electron chi connectivity index (χ1n) is 8.28. The summed E-state index contributed by atoms with van der Waals surface area (Å²) < 4.78 is 1.69. The maximum Gasteiger partial charge on any atom is 0.261 e. The van der Waals surface area contributed by atoms with Gasteiger partial charge in [0.05, 0.1) is 22.2 Å². The molecule has 0 saturated carbocycles. The number of carbonyl (C=O) groups excluding carboxylic acids is 2. The van der Waals surface area contributed by atoms with E-state index >= 15 is 0 Å². The SMILES string of the molecule is NC(=O)c1ccccc1NC(=O)c1ccc2c(=O)n3c(nc2c1)CCC3. The Balaban J connectivity index is 1.71. The van der Waals surface area contributed by atoms with Gasteiger partial charge in [0, 0.05) is 18.5 Å². The van der Waals surface area contributed by atoms with Crippen molar-refractivity contribution in [1.82, 2.24) is 9.55 Å². The number of benzene rings is 2. The number of aromatic nitrogens is 2. The van der Waals surface area contributed by atoms with E-state index in [-0.39, 0.29) is 11.1 Å². The highest BCUT2D eigenvalue weighted by atomic mass is 16.2. The summed E-state index contributed by atoms with van der Waals surface area (Å²) in [7, 11) is 0. The third-order valence-corrected chi connectivity index (χ3v) is 4.52. The maximum atomic E-state index is 12.6. The van der Waals surface area contributed by atoms with Crippen LogP contribution in [0.5, 0.6) is 0 Å². The Morgan fingerprint density at radius 3 is 2.77 bits per heavy atom. The molecule has 0 fully saturated rings. The van der Waals surface area contributed by atoms with E-state index in [4.69, 9.17) is 5.73 Å². The Bertz CT molecular complexity index is 1120. The normalized spacial score (nSPS) is 12.8. The van der Waals surface area contributed by atoms with Crippen molar-refractivity contribution in [3.63, 3.8) is 0 Å². The van der Waals surface area contributed by atoms with E-state index in [0.29, 0.717) is 28.7 Å². The molecule has 0 atom stereocenters. The number of hydrogen-bond acceptors (Lipinski definition) is 4. The molecule has 4 rings (SSSR count). The molecule has 0 bridgehead atoms. The number of fused-ring (bicyclic) bond motifs is 2. The van der Waals surface area contributed by atoms with Crippen LogP contribution in [0.2, 0.25) is 0 Å². The summed E-state index contributed by atoms with van der Waals surface area (Å²) in [6.45, 7) is 0.684. The molecule has 7 heteroatoms. The fraction of sp³-hybridized carbons (Fsp3) is 0.158. The molecule has 7 nitrogen and oxygen atoms in total. The molecule has 1 aliphatic rings. The summed E-state index contributed by atoms with van der Waals surface area (Å²) in [5.41, 5.74) is 6.68. The van der Waals surface area contributed by atoms with Crippen LogP contribution in [0.15, 0.2) is 47.3 Å². The van der Waals surface area contributed by atoms with Gasteiger partial charge in [0.1, 0.15) is 5.82 Å². The fourth-order valence-electron chi connectivity index (χ4n) is 3.23. The van der Waals surface area contributed by atoms with Crippen LogP contribution in [-0.4, -0.2) is 21.4 Å². The van der Waals surface area contributed by atoms with Gasteiger partial charge in [-0.25, -0.2) is 4.98 Å². The van der Waals surface area contributed by atoms with E-state index < -0.39 is 11.8 Å². The number of nitrogens with one attached hydrogen (secondary N) is 1. The molecule has 0 spiro atoms. The number of primary amides is 1. The number of nitrogens with zero attached hydrogens (tertiary/aromatic N) is 2. The average Bonchev–Trinajstić information content (AvgIpc) is 3.10. The summed E-state index contributed by atoms with van der Waals surface area (Å²) in [5.74, 6) is -0.271. The van der Waals surface area contributed by atoms with Gasteiger partial charge in [-0.1, -0.05) is 12.1 Å². The Labute approximate surface area is 148 Å². The minimum absolute atomic E-state index is 0.0754. The second kappa shape index (κ2) is 6.11. The molecule has 0 radical (unpaired) electrons. The van der Waals surface area contributed by atoms with Gasteiger partial charge in [-0.3, -0.25) is 19.0 Å². The summed E-state index contributed by atoms with van der Waals surface area (Å²) in [4.78, 5) is 41.1. The predicted molar refractivity (Wildman–Crippen MR) is 97.2 cm³/mol. The Hall–Kier alpha value is -3.48. The van der Waals surface area contributed by atoms with Crippen LogP contribution in [0, 0.1) is 0 Å². The minimum atomic E-state index is -0.621. The van der Waals surface area contributed by atoms with E-state index in [9.17, 15) is 14.4 Å². The molecular weight excluding hydrogens is 332 g/mol. The second-order valence-corrected chi connectivity index (χ2v) is 6.18. The third kappa shape index (κ3) is 2.63. The number of para-hydroxylation sites is 1. The number of amides is 2. The Morgan fingerprint density at radius 1 is 1.15 bits per heavy atom. The molecule has 2 amide bonds. The van der Waals surface area contributed by atoms with Crippen molar-refractivity contribution in [1.29, 1.82) is 0 Å². The van der Waals surface area contributed by atoms with Crippen LogP contribution in [-0.2, 0) is 13.0 Å². The lowest BCUT2D eigenvalue weighted by Crippen LogP contribution is -2.21. The maximum absolute atomic E-state index is 12.6. The Kier molecular flexibility index (Phi) is 3.76. The van der Waals surface area contributed by atoms with E-state index in [1.807, 2.05) is 0 Å². The number of carbonyl (C=O) groups is 2. The van der Waals surface area contributed by atoms with Gasteiger partial charge >= 0.3 is 0 Å². The summed E-state index contributed by atoms with van der Waals surface area (Å²) in [6, 6.07) is 11.3. The van der Waals surface area contributed by atoms with E-state index in [0.717, 1.165) is 18.7 Å². The zero-order valence-corrected chi connectivity index (χ0v) is 13.9. The number of nitrogens with two attached hydrogens (primary N) is 1. The monoisotopic (exact) mass is 348 g/mol. The standard InChI is InChI=1S/C19H16N4O3/c20-17(24)12-4-1-2-5-14(12)22-18(25)11-7-8-13-15(10-11)21-16-6-3-9-23(16)19(13)26/h1-2,4-5,7-8,10H,3,6,9H2,(H2,20,24)(H,22,25). The average molecular weight is 348 g/mol. The molecule has 1 aliphatic heterocycles. The molecule has 1 aromatic heterocycles. The van der Waals surface area contributed by atoms with E-state index in [1.165, 1.54) is 0 Å². The van der Waals surface area contributed by atoms with Gasteiger partial charge in [-0.05, 0) is 36.8 Å². The lowest BCUT2D eigenvalue weighted by Gasteiger charge is -2.10. The van der Waals surface area contributed by atoms with Gasteiger partial charge in [-0.2, -0.15) is 0 Å². The zero-order chi connectivity index (χ0) is 18.3. The van der Waals surface area contributed by atoms with Crippen molar-refractivity contribution in [2.45, 2.75) is 19.4 Å². The van der Waals surface area contributed by atoms with Crippen LogP contribution >= 0.6 is 0 Å². The molecule has 0 aliphatic carbocycles. The molecular formula is C19H16N4O3. The lowest BCUT2D eigenvalue weighted by molar-refractivity contribution is 0.100. The van der Waals surface area contributed by atoms with Gasteiger partial charge in [-0.15, -0.1) is 0 Å². The van der Waals surface area contributed by atoms with Crippen molar-refractivity contribution >= 4 is 28.4 Å². The number of anilines is 1. The summed E-state index contributed by atoms with van der Waals surface area (Å²) in [6.07, 6.45) is 1.66. The van der Waals surface area contributed by atoms with Crippen molar-refractivity contribution in [2.24, 2.45) is 5.73 Å². The smallest absolute Gasteiger partial charge is 0.261 e. The van der Waals surface area contributed by atoms with Crippen molar-refractivity contribution in [2.75, 3.05) is 5.32 Å². The summed E-state index contributed by atoms with van der Waals surface area (Å²) >= 11 is 0. The number of aryl methyl sites for hydroxylation is 1. The Morgan fingerprint density at radius 2 is 1.96 bits per heavy atom. The molecule has 0 unspecified atom stereocenters. The van der Waals surface area contributed by atoms with Crippen LogP contribution in [0.4, 0.5) is 5.69 Å². The molecule has 3 aromatic rings. The topological polar surface area (TPSA) is 107 Å². The van der Waals surface area contributed by atoms with Crippen molar-refractivity contribution in [3.8, 4) is 0 Å². The van der Waals surface area contributed by atoms with E-state index in [1.54, 1.807) is 47.0 Å². The molecule has 3 N–H and O–H groups in total. The van der Waals surface area contributed by atoms with Gasteiger partial charge in [0.15, 0.2) is 0 Å². The van der Waals surface area contributed by atoms with Crippen LogP contribution in [0.1, 0.15) is 33.0 Å². The second-order valence-electron chi connectivity index (χ2n) is 6.18. The molecule has 2 heterocycles. The first-order valence-corrected chi connectivity index (χ1v) is 8.28. The molecule has 130 valence electrons.